The Morgan fingerprint density at radius 3 is 1.89 bits per heavy atom. The number of benzene rings is 3. The summed E-state index contributed by atoms with van der Waals surface area (Å²) in [5.74, 6) is -0.666. The maximum Gasteiger partial charge on any atom is 0.412 e. The molecular formula is C27H24Cl2N2O4. The van der Waals surface area contributed by atoms with Crippen LogP contribution in [0, 0.1) is 0 Å². The van der Waals surface area contributed by atoms with E-state index in [4.69, 9.17) is 27.9 Å². The summed E-state index contributed by atoms with van der Waals surface area (Å²) in [6.07, 6.45) is 2.30. The summed E-state index contributed by atoms with van der Waals surface area (Å²) < 4.78 is 5.27. The van der Waals surface area contributed by atoms with E-state index in [9.17, 15) is 14.4 Å². The van der Waals surface area contributed by atoms with Crippen LogP contribution in [0.1, 0.15) is 47.1 Å². The summed E-state index contributed by atoms with van der Waals surface area (Å²) in [6.45, 7) is 5.28. The summed E-state index contributed by atoms with van der Waals surface area (Å²) >= 11 is 12.3. The molecule has 2 N–H and O–H groups in total. The molecule has 0 radical (unpaired) electrons. The first-order valence-electron chi connectivity index (χ1n) is 10.7. The molecule has 6 nitrogen and oxygen atoms in total. The van der Waals surface area contributed by atoms with Crippen LogP contribution in [0.4, 0.5) is 16.2 Å². The fraction of sp³-hybridized carbons (Fsp3) is 0.148. The molecule has 0 spiro atoms. The van der Waals surface area contributed by atoms with E-state index in [2.05, 4.69) is 10.6 Å². The minimum Gasteiger partial charge on any atom is -0.444 e. The molecule has 0 saturated heterocycles. The van der Waals surface area contributed by atoms with Crippen LogP contribution in [-0.4, -0.2) is 23.4 Å². The lowest BCUT2D eigenvalue weighted by molar-refractivity contribution is 0.0635. The largest absolute Gasteiger partial charge is 0.444 e. The van der Waals surface area contributed by atoms with Crippen LogP contribution in [0.25, 0.3) is 6.08 Å². The highest BCUT2D eigenvalue weighted by molar-refractivity contribution is 6.37. The van der Waals surface area contributed by atoms with E-state index >= 15 is 0 Å². The van der Waals surface area contributed by atoms with Crippen LogP contribution in [-0.2, 0) is 4.74 Å². The van der Waals surface area contributed by atoms with Crippen molar-refractivity contribution < 1.29 is 19.1 Å². The highest BCUT2D eigenvalue weighted by Gasteiger charge is 2.18. The van der Waals surface area contributed by atoms with E-state index in [1.54, 1.807) is 93.6 Å². The molecule has 2 amide bonds. The van der Waals surface area contributed by atoms with Gasteiger partial charge in [0.15, 0.2) is 5.78 Å². The smallest absolute Gasteiger partial charge is 0.412 e. The first-order chi connectivity index (χ1) is 16.5. The van der Waals surface area contributed by atoms with Crippen molar-refractivity contribution >= 4 is 58.4 Å². The predicted molar refractivity (Wildman–Crippen MR) is 141 cm³/mol. The number of carbonyl (C=O) groups is 3. The van der Waals surface area contributed by atoms with Crippen molar-refractivity contribution in [1.29, 1.82) is 0 Å². The number of carbonyl (C=O) groups excluding carboxylic acids is 3. The molecule has 0 aromatic heterocycles. The molecule has 0 unspecified atom stereocenters. The maximum absolute atomic E-state index is 12.8. The zero-order chi connectivity index (χ0) is 25.6. The topological polar surface area (TPSA) is 84.5 Å². The summed E-state index contributed by atoms with van der Waals surface area (Å²) in [5.41, 5.74) is 1.43. The number of hydrogen-bond donors (Lipinski definition) is 2. The van der Waals surface area contributed by atoms with Crippen LogP contribution in [0.2, 0.25) is 10.0 Å². The molecule has 0 atom stereocenters. The monoisotopic (exact) mass is 510 g/mol. The Balaban J connectivity index is 1.68. The zero-order valence-electron chi connectivity index (χ0n) is 19.4. The molecule has 0 fully saturated rings. The van der Waals surface area contributed by atoms with Gasteiger partial charge in [-0.1, -0.05) is 53.5 Å². The number of hydrogen-bond acceptors (Lipinski definition) is 4. The molecule has 3 aromatic rings. The summed E-state index contributed by atoms with van der Waals surface area (Å²) in [6, 6.07) is 18.1. The first kappa shape index (κ1) is 26.0. The predicted octanol–water partition coefficient (Wildman–Crippen LogP) is 7.49. The zero-order valence-corrected chi connectivity index (χ0v) is 20.9. The van der Waals surface area contributed by atoms with Gasteiger partial charge >= 0.3 is 6.09 Å². The standard InChI is InChI=1S/C27H24Cl2N2O4/c1-27(2,3)35-26(34)31-23-10-5-4-9-22(23)30-25(33)18-13-11-17(12-14-18)24(32)16-15-19-20(28)7-6-8-21(19)29/h4-16H,1-3H3,(H,30,33)(H,31,34)/b16-15+. The van der Waals surface area contributed by atoms with E-state index < -0.39 is 17.6 Å². The van der Waals surface area contributed by atoms with Gasteiger partial charge < -0.3 is 10.1 Å². The Kier molecular flexibility index (Phi) is 8.33. The number of amides is 2. The van der Waals surface area contributed by atoms with Gasteiger partial charge in [-0.05, 0) is 69.3 Å². The minimum absolute atomic E-state index is 0.264. The Labute approximate surface area is 213 Å². The van der Waals surface area contributed by atoms with Crippen LogP contribution >= 0.6 is 23.2 Å². The molecule has 3 aromatic carbocycles. The van der Waals surface area contributed by atoms with E-state index in [0.29, 0.717) is 38.1 Å². The van der Waals surface area contributed by atoms with Crippen LogP contribution in [0.5, 0.6) is 0 Å². The van der Waals surface area contributed by atoms with Gasteiger partial charge in [-0.2, -0.15) is 0 Å². The average molecular weight is 511 g/mol. The lowest BCUT2D eigenvalue weighted by Crippen LogP contribution is -2.27. The Morgan fingerprint density at radius 1 is 0.771 bits per heavy atom. The summed E-state index contributed by atoms with van der Waals surface area (Å²) in [5, 5.41) is 6.28. The van der Waals surface area contributed by atoms with E-state index in [0.717, 1.165) is 0 Å². The SMILES string of the molecule is CC(C)(C)OC(=O)Nc1ccccc1NC(=O)c1ccc(C(=O)/C=C/c2c(Cl)cccc2Cl)cc1. The van der Waals surface area contributed by atoms with Crippen molar-refractivity contribution in [3.05, 3.63) is 99.5 Å². The highest BCUT2D eigenvalue weighted by atomic mass is 35.5. The Morgan fingerprint density at radius 2 is 1.31 bits per heavy atom. The van der Waals surface area contributed by atoms with E-state index in [-0.39, 0.29) is 5.78 Å². The number of allylic oxidation sites excluding steroid dienone is 1. The maximum atomic E-state index is 12.8. The van der Waals surface area contributed by atoms with Crippen molar-refractivity contribution in [2.24, 2.45) is 0 Å². The normalized spacial score (nSPS) is 11.2. The third-order valence-corrected chi connectivity index (χ3v) is 5.30. The van der Waals surface area contributed by atoms with Crippen molar-refractivity contribution in [3.63, 3.8) is 0 Å². The van der Waals surface area contributed by atoms with Crippen molar-refractivity contribution in [2.75, 3.05) is 10.6 Å². The number of ether oxygens (including phenoxy) is 1. The Bertz CT molecular complexity index is 1260. The quantitative estimate of drug-likeness (QED) is 0.265. The Hall–Kier alpha value is -3.61. The number of ketones is 1. The molecule has 0 bridgehead atoms. The molecule has 0 saturated carbocycles. The molecular weight excluding hydrogens is 487 g/mol. The van der Waals surface area contributed by atoms with Gasteiger partial charge in [0.05, 0.1) is 11.4 Å². The lowest BCUT2D eigenvalue weighted by Gasteiger charge is -2.20. The van der Waals surface area contributed by atoms with E-state index in [1.807, 2.05) is 0 Å². The van der Waals surface area contributed by atoms with Gasteiger partial charge in [0.2, 0.25) is 0 Å². The summed E-state index contributed by atoms with van der Waals surface area (Å²) in [7, 11) is 0. The number of rotatable bonds is 6. The number of halogens is 2. The van der Waals surface area contributed by atoms with Crippen molar-refractivity contribution in [1.82, 2.24) is 0 Å². The van der Waals surface area contributed by atoms with Crippen molar-refractivity contribution in [2.45, 2.75) is 26.4 Å². The van der Waals surface area contributed by atoms with Gasteiger partial charge in [0.1, 0.15) is 5.60 Å². The molecule has 3 rings (SSSR count). The molecule has 35 heavy (non-hydrogen) atoms. The van der Waals surface area contributed by atoms with Gasteiger partial charge in [-0.3, -0.25) is 14.9 Å². The number of anilines is 2. The molecule has 0 aliphatic rings. The number of nitrogens with one attached hydrogen (secondary N) is 2. The average Bonchev–Trinajstić information content (AvgIpc) is 2.78. The second-order valence-electron chi connectivity index (χ2n) is 8.54. The summed E-state index contributed by atoms with van der Waals surface area (Å²) in [4.78, 5) is 37.4. The second kappa shape index (κ2) is 11.2. The molecule has 0 aliphatic carbocycles. The number of para-hydroxylation sites is 2. The van der Waals surface area contributed by atoms with E-state index in [1.165, 1.54) is 6.08 Å². The van der Waals surface area contributed by atoms with Crippen LogP contribution in [0.15, 0.2) is 72.8 Å². The highest BCUT2D eigenvalue weighted by Crippen LogP contribution is 2.26. The molecule has 180 valence electrons. The van der Waals surface area contributed by atoms with Gasteiger partial charge in [-0.15, -0.1) is 0 Å². The molecule has 0 heterocycles. The van der Waals surface area contributed by atoms with Gasteiger partial charge in [-0.25, -0.2) is 4.79 Å². The molecule has 8 heteroatoms. The first-order valence-corrected chi connectivity index (χ1v) is 11.5. The third-order valence-electron chi connectivity index (χ3n) is 4.64. The fourth-order valence-electron chi connectivity index (χ4n) is 3.02. The van der Waals surface area contributed by atoms with Crippen molar-refractivity contribution in [3.8, 4) is 0 Å². The fourth-order valence-corrected chi connectivity index (χ4v) is 3.54. The van der Waals surface area contributed by atoms with Crippen LogP contribution < -0.4 is 10.6 Å². The van der Waals surface area contributed by atoms with Crippen LogP contribution in [0.3, 0.4) is 0 Å². The lowest BCUT2D eigenvalue weighted by atomic mass is 10.1. The second-order valence-corrected chi connectivity index (χ2v) is 9.35. The minimum atomic E-state index is -0.656. The van der Waals surface area contributed by atoms with Gasteiger partial charge in [0, 0.05) is 26.7 Å². The van der Waals surface area contributed by atoms with Gasteiger partial charge in [0.25, 0.3) is 5.91 Å². The molecule has 0 aliphatic heterocycles. The third kappa shape index (κ3) is 7.44.